The molecule has 17 heavy (non-hydrogen) atoms. The lowest BCUT2D eigenvalue weighted by Gasteiger charge is -2.41. The van der Waals surface area contributed by atoms with Gasteiger partial charge in [-0.25, -0.2) is 4.39 Å². The first-order chi connectivity index (χ1) is 8.21. The molecule has 0 aromatic heterocycles. The fourth-order valence-corrected chi connectivity index (χ4v) is 3.16. The van der Waals surface area contributed by atoms with E-state index in [1.807, 2.05) is 6.07 Å². The molecular formula is C14H15FO2. The minimum atomic E-state index is -0.259. The molecule has 3 rings (SSSR count). The molecule has 1 aromatic carbocycles. The summed E-state index contributed by atoms with van der Waals surface area (Å²) in [6, 6.07) is 5.16. The van der Waals surface area contributed by atoms with Crippen LogP contribution in [0.1, 0.15) is 36.8 Å². The van der Waals surface area contributed by atoms with Gasteiger partial charge in [0.2, 0.25) is 0 Å². The second kappa shape index (κ2) is 3.91. The standard InChI is InChI=1S/C14H15FO2/c15-13-5-1-4-12-11(13)8-17-9-14(12)6-2-3-10(16)7-14/h1,4-5H,2-3,6-9H2. The largest absolute Gasteiger partial charge is 0.376 e. The average Bonchev–Trinajstić information content (AvgIpc) is 2.31. The lowest BCUT2D eigenvalue weighted by Crippen LogP contribution is -2.41. The van der Waals surface area contributed by atoms with E-state index in [9.17, 15) is 9.18 Å². The molecule has 2 aliphatic rings. The third-order valence-electron chi connectivity index (χ3n) is 3.96. The third kappa shape index (κ3) is 1.69. The maximum absolute atomic E-state index is 13.7. The van der Waals surface area contributed by atoms with Gasteiger partial charge in [-0.2, -0.15) is 0 Å². The normalized spacial score (nSPS) is 28.2. The van der Waals surface area contributed by atoms with Gasteiger partial charge < -0.3 is 4.74 Å². The van der Waals surface area contributed by atoms with Crippen molar-refractivity contribution in [1.82, 2.24) is 0 Å². The van der Waals surface area contributed by atoms with Gasteiger partial charge in [0.05, 0.1) is 13.2 Å². The smallest absolute Gasteiger partial charge is 0.133 e. The zero-order valence-electron chi connectivity index (χ0n) is 9.67. The molecule has 1 unspecified atom stereocenters. The van der Waals surface area contributed by atoms with Crippen LogP contribution in [0.5, 0.6) is 0 Å². The molecule has 1 fully saturated rings. The Labute approximate surface area is 99.8 Å². The fraction of sp³-hybridized carbons (Fsp3) is 0.500. The molecule has 0 radical (unpaired) electrons. The van der Waals surface area contributed by atoms with Crippen LogP contribution in [0.3, 0.4) is 0 Å². The molecule has 1 atom stereocenters. The molecule has 2 nitrogen and oxygen atoms in total. The molecule has 90 valence electrons. The zero-order valence-corrected chi connectivity index (χ0v) is 9.67. The maximum Gasteiger partial charge on any atom is 0.133 e. The molecule has 1 saturated carbocycles. The van der Waals surface area contributed by atoms with E-state index in [4.69, 9.17) is 4.74 Å². The lowest BCUT2D eigenvalue weighted by molar-refractivity contribution is -0.123. The number of carbonyl (C=O) groups excluding carboxylic acids is 1. The van der Waals surface area contributed by atoms with E-state index in [2.05, 4.69) is 0 Å². The number of hydrogen-bond donors (Lipinski definition) is 0. The van der Waals surface area contributed by atoms with E-state index < -0.39 is 0 Å². The Morgan fingerprint density at radius 1 is 1.35 bits per heavy atom. The summed E-state index contributed by atoms with van der Waals surface area (Å²) in [6.45, 7) is 0.882. The van der Waals surface area contributed by atoms with Crippen molar-refractivity contribution in [3.63, 3.8) is 0 Å². The zero-order chi connectivity index (χ0) is 11.9. The van der Waals surface area contributed by atoms with Crippen LogP contribution in [0.4, 0.5) is 4.39 Å². The van der Waals surface area contributed by atoms with E-state index >= 15 is 0 Å². The van der Waals surface area contributed by atoms with Crippen molar-refractivity contribution in [3.05, 3.63) is 35.1 Å². The molecular weight excluding hydrogens is 219 g/mol. The Balaban J connectivity index is 2.09. The van der Waals surface area contributed by atoms with Crippen molar-refractivity contribution in [2.24, 2.45) is 0 Å². The molecule has 1 aliphatic heterocycles. The second-order valence-electron chi connectivity index (χ2n) is 5.11. The number of ether oxygens (including phenoxy) is 1. The first-order valence-corrected chi connectivity index (χ1v) is 6.09. The van der Waals surface area contributed by atoms with E-state index in [-0.39, 0.29) is 17.0 Å². The van der Waals surface area contributed by atoms with Crippen molar-refractivity contribution in [2.45, 2.75) is 37.7 Å². The highest BCUT2D eigenvalue weighted by Crippen LogP contribution is 2.43. The first-order valence-electron chi connectivity index (χ1n) is 6.09. The minimum absolute atomic E-state index is 0.209. The predicted molar refractivity (Wildman–Crippen MR) is 61.2 cm³/mol. The van der Waals surface area contributed by atoms with Crippen LogP contribution in [-0.4, -0.2) is 12.4 Å². The van der Waals surface area contributed by atoms with Crippen LogP contribution < -0.4 is 0 Å². The van der Waals surface area contributed by atoms with Gasteiger partial charge in [-0.1, -0.05) is 12.1 Å². The quantitative estimate of drug-likeness (QED) is 0.690. The van der Waals surface area contributed by atoms with Crippen molar-refractivity contribution in [1.29, 1.82) is 0 Å². The van der Waals surface area contributed by atoms with Crippen LogP contribution >= 0.6 is 0 Å². The molecule has 3 heteroatoms. The summed E-state index contributed by atoms with van der Waals surface area (Å²) < 4.78 is 19.3. The van der Waals surface area contributed by atoms with Crippen LogP contribution in [0.15, 0.2) is 18.2 Å². The number of benzene rings is 1. The van der Waals surface area contributed by atoms with Gasteiger partial charge in [0, 0.05) is 23.8 Å². The van der Waals surface area contributed by atoms with E-state index in [1.54, 1.807) is 6.07 Å². The van der Waals surface area contributed by atoms with Crippen LogP contribution in [0, 0.1) is 5.82 Å². The molecule has 1 aromatic rings. The van der Waals surface area contributed by atoms with Crippen LogP contribution in [-0.2, 0) is 21.6 Å². The highest BCUT2D eigenvalue weighted by molar-refractivity contribution is 5.81. The lowest BCUT2D eigenvalue weighted by atomic mass is 9.67. The maximum atomic E-state index is 13.7. The minimum Gasteiger partial charge on any atom is -0.376 e. The monoisotopic (exact) mass is 234 g/mol. The number of rotatable bonds is 0. The van der Waals surface area contributed by atoms with Gasteiger partial charge in [0.25, 0.3) is 0 Å². The molecule has 1 heterocycles. The van der Waals surface area contributed by atoms with Crippen molar-refractivity contribution in [2.75, 3.05) is 6.61 Å². The summed E-state index contributed by atoms with van der Waals surface area (Å²) in [5, 5.41) is 0. The molecule has 1 aliphatic carbocycles. The van der Waals surface area contributed by atoms with Gasteiger partial charge in [-0.15, -0.1) is 0 Å². The van der Waals surface area contributed by atoms with E-state index in [0.717, 1.165) is 18.4 Å². The van der Waals surface area contributed by atoms with Gasteiger partial charge in [0.15, 0.2) is 0 Å². The molecule has 0 N–H and O–H groups in total. The Morgan fingerprint density at radius 2 is 2.24 bits per heavy atom. The van der Waals surface area contributed by atoms with Gasteiger partial charge in [0.1, 0.15) is 11.6 Å². The average molecular weight is 234 g/mol. The fourth-order valence-electron chi connectivity index (χ4n) is 3.16. The summed E-state index contributed by atoms with van der Waals surface area (Å²) in [5.74, 6) is 0.0663. The third-order valence-corrected chi connectivity index (χ3v) is 3.96. The first kappa shape index (κ1) is 10.9. The number of fused-ring (bicyclic) bond motifs is 2. The summed E-state index contributed by atoms with van der Waals surface area (Å²) in [4.78, 5) is 11.7. The number of carbonyl (C=O) groups is 1. The Hall–Kier alpha value is -1.22. The van der Waals surface area contributed by atoms with E-state index in [0.29, 0.717) is 31.6 Å². The van der Waals surface area contributed by atoms with Gasteiger partial charge >= 0.3 is 0 Å². The molecule has 0 saturated heterocycles. The van der Waals surface area contributed by atoms with Gasteiger partial charge in [-0.05, 0) is 24.5 Å². The van der Waals surface area contributed by atoms with Crippen molar-refractivity contribution < 1.29 is 13.9 Å². The summed E-state index contributed by atoms with van der Waals surface area (Å²) in [5.41, 5.74) is 1.38. The summed E-state index contributed by atoms with van der Waals surface area (Å²) in [7, 11) is 0. The number of ketones is 1. The number of halogens is 1. The number of hydrogen-bond acceptors (Lipinski definition) is 2. The number of Topliss-reactive ketones (excluding diaryl/α,β-unsaturated/α-hetero) is 1. The van der Waals surface area contributed by atoms with Gasteiger partial charge in [-0.3, -0.25) is 4.79 Å². The van der Waals surface area contributed by atoms with Crippen LogP contribution in [0.2, 0.25) is 0 Å². The topological polar surface area (TPSA) is 26.3 Å². The molecule has 1 spiro atoms. The molecule has 0 amide bonds. The highest BCUT2D eigenvalue weighted by atomic mass is 19.1. The Kier molecular flexibility index (Phi) is 2.51. The predicted octanol–water partition coefficient (Wildman–Crippen LogP) is 2.74. The highest BCUT2D eigenvalue weighted by Gasteiger charge is 2.41. The van der Waals surface area contributed by atoms with Crippen molar-refractivity contribution in [3.8, 4) is 0 Å². The summed E-state index contributed by atoms with van der Waals surface area (Å²) >= 11 is 0. The molecule has 0 bridgehead atoms. The van der Waals surface area contributed by atoms with Crippen LogP contribution in [0.25, 0.3) is 0 Å². The second-order valence-corrected chi connectivity index (χ2v) is 5.11. The summed E-state index contributed by atoms with van der Waals surface area (Å²) in [6.07, 6.45) is 2.98. The Bertz CT molecular complexity index is 469. The SMILES string of the molecule is O=C1CCCC2(COCc3c(F)cccc32)C1. The van der Waals surface area contributed by atoms with Crippen molar-refractivity contribution >= 4 is 5.78 Å². The Morgan fingerprint density at radius 3 is 3.06 bits per heavy atom. The van der Waals surface area contributed by atoms with E-state index in [1.165, 1.54) is 6.07 Å².